The Balaban J connectivity index is 1.52. The first-order valence-corrected chi connectivity index (χ1v) is 7.84. The van der Waals surface area contributed by atoms with Gasteiger partial charge in [0.2, 0.25) is 5.91 Å². The lowest BCUT2D eigenvalue weighted by molar-refractivity contribution is -0.122. The molecule has 0 aliphatic heterocycles. The molecule has 2 N–H and O–H groups in total. The minimum Gasteiger partial charge on any atom is -0.380 e. The maximum Gasteiger partial charge on any atom is 0.228 e. The molecule has 1 saturated carbocycles. The molecule has 1 aliphatic carbocycles. The molecule has 1 amide bonds. The Morgan fingerprint density at radius 1 is 1.18 bits per heavy atom. The number of nitrogens with one attached hydrogen (secondary N) is 2. The number of carbonyl (C=O) groups is 1. The average Bonchev–Trinajstić information content (AvgIpc) is 2.46. The Bertz CT molecular complexity index is 636. The van der Waals surface area contributed by atoms with Crippen molar-refractivity contribution in [2.24, 2.45) is 5.92 Å². The Hall–Kier alpha value is -2.07. The van der Waals surface area contributed by atoms with Crippen molar-refractivity contribution in [3.8, 4) is 0 Å². The van der Waals surface area contributed by atoms with Gasteiger partial charge in [-0.25, -0.2) is 4.98 Å². The smallest absolute Gasteiger partial charge is 0.228 e. The molecule has 0 spiro atoms. The second kappa shape index (κ2) is 6.79. The lowest BCUT2D eigenvalue weighted by Gasteiger charge is -2.23. The third kappa shape index (κ3) is 3.77. The van der Waals surface area contributed by atoms with Crippen molar-refractivity contribution in [3.05, 3.63) is 53.2 Å². The van der Waals surface area contributed by atoms with Gasteiger partial charge in [0, 0.05) is 17.5 Å². The number of rotatable bonds is 5. The van der Waals surface area contributed by atoms with Crippen LogP contribution in [0.4, 0.5) is 11.5 Å². The number of hydrogen-bond donors (Lipinski definition) is 2. The van der Waals surface area contributed by atoms with Crippen LogP contribution in [-0.4, -0.2) is 10.9 Å². The van der Waals surface area contributed by atoms with Gasteiger partial charge in [-0.1, -0.05) is 30.2 Å². The van der Waals surface area contributed by atoms with Crippen LogP contribution in [0.25, 0.3) is 0 Å². The third-order valence-electron chi connectivity index (χ3n) is 3.90. The molecular weight excluding hydrogens is 298 g/mol. The van der Waals surface area contributed by atoms with E-state index in [0.717, 1.165) is 35.5 Å². The molecule has 0 bridgehead atoms. The average molecular weight is 316 g/mol. The maximum atomic E-state index is 11.8. The van der Waals surface area contributed by atoms with Gasteiger partial charge in [-0.2, -0.15) is 0 Å². The summed E-state index contributed by atoms with van der Waals surface area (Å²) in [6.45, 7) is 0.701. The molecule has 0 atom stereocenters. The fourth-order valence-electron chi connectivity index (χ4n) is 2.28. The quantitative estimate of drug-likeness (QED) is 0.874. The molecule has 22 heavy (non-hydrogen) atoms. The highest BCUT2D eigenvalue weighted by Crippen LogP contribution is 2.27. The van der Waals surface area contributed by atoms with Crippen LogP contribution in [0.2, 0.25) is 5.02 Å². The van der Waals surface area contributed by atoms with E-state index in [-0.39, 0.29) is 11.8 Å². The summed E-state index contributed by atoms with van der Waals surface area (Å²) in [6.07, 6.45) is 4.87. The van der Waals surface area contributed by atoms with Crippen LogP contribution in [0, 0.1) is 5.92 Å². The number of nitrogens with zero attached hydrogens (tertiary/aromatic N) is 1. The first-order valence-electron chi connectivity index (χ1n) is 7.46. The van der Waals surface area contributed by atoms with E-state index in [4.69, 9.17) is 11.6 Å². The standard InChI is InChI=1S/C17H18ClN3O/c18-14-6-4-12(5-7-14)10-19-15-8-9-16(20-11-15)21-17(22)13-2-1-3-13/h4-9,11,13,19H,1-3,10H2,(H,20,21,22). The fourth-order valence-corrected chi connectivity index (χ4v) is 2.40. The van der Waals surface area contributed by atoms with Crippen molar-refractivity contribution in [2.45, 2.75) is 25.8 Å². The molecule has 2 aromatic rings. The summed E-state index contributed by atoms with van der Waals surface area (Å²) in [5.41, 5.74) is 2.06. The zero-order valence-electron chi connectivity index (χ0n) is 12.2. The third-order valence-corrected chi connectivity index (χ3v) is 4.15. The molecule has 0 unspecified atom stereocenters. The van der Waals surface area contributed by atoms with Gasteiger partial charge in [-0.15, -0.1) is 0 Å². The van der Waals surface area contributed by atoms with Crippen LogP contribution in [0.1, 0.15) is 24.8 Å². The van der Waals surface area contributed by atoms with E-state index >= 15 is 0 Å². The molecule has 4 nitrogen and oxygen atoms in total. The number of benzene rings is 1. The SMILES string of the molecule is O=C(Nc1ccc(NCc2ccc(Cl)cc2)cn1)C1CCC1. The summed E-state index contributed by atoms with van der Waals surface area (Å²) >= 11 is 5.86. The van der Waals surface area contributed by atoms with Crippen LogP contribution >= 0.6 is 11.6 Å². The van der Waals surface area contributed by atoms with Gasteiger partial charge >= 0.3 is 0 Å². The lowest BCUT2D eigenvalue weighted by Crippen LogP contribution is -2.28. The summed E-state index contributed by atoms with van der Waals surface area (Å²) in [6, 6.07) is 11.4. The minimum absolute atomic E-state index is 0.0839. The number of halogens is 1. The van der Waals surface area contributed by atoms with Gasteiger partial charge < -0.3 is 10.6 Å². The van der Waals surface area contributed by atoms with Gasteiger partial charge in [-0.3, -0.25) is 4.79 Å². The highest BCUT2D eigenvalue weighted by molar-refractivity contribution is 6.30. The lowest BCUT2D eigenvalue weighted by atomic mass is 9.85. The number of hydrogen-bond acceptors (Lipinski definition) is 3. The first kappa shape index (κ1) is 14.9. The van der Waals surface area contributed by atoms with E-state index in [1.165, 1.54) is 0 Å². The maximum absolute atomic E-state index is 11.8. The van der Waals surface area contributed by atoms with Crippen LogP contribution in [0.15, 0.2) is 42.6 Å². The van der Waals surface area contributed by atoms with Crippen molar-refractivity contribution in [1.82, 2.24) is 4.98 Å². The molecular formula is C17H18ClN3O. The Morgan fingerprint density at radius 2 is 1.95 bits per heavy atom. The van der Waals surface area contributed by atoms with Gasteiger partial charge in [0.15, 0.2) is 0 Å². The van der Waals surface area contributed by atoms with Crippen LogP contribution in [-0.2, 0) is 11.3 Å². The fraction of sp³-hybridized carbons (Fsp3) is 0.294. The molecule has 5 heteroatoms. The Labute approximate surface area is 134 Å². The number of aromatic nitrogens is 1. The summed E-state index contributed by atoms with van der Waals surface area (Å²) < 4.78 is 0. The highest BCUT2D eigenvalue weighted by Gasteiger charge is 2.25. The number of pyridine rings is 1. The molecule has 3 rings (SSSR count). The molecule has 0 saturated heterocycles. The van der Waals surface area contributed by atoms with E-state index in [0.29, 0.717) is 12.4 Å². The van der Waals surface area contributed by atoms with E-state index < -0.39 is 0 Å². The molecule has 114 valence electrons. The van der Waals surface area contributed by atoms with E-state index in [9.17, 15) is 4.79 Å². The number of anilines is 2. The zero-order valence-corrected chi connectivity index (χ0v) is 12.9. The van der Waals surface area contributed by atoms with E-state index in [2.05, 4.69) is 15.6 Å². The first-order chi connectivity index (χ1) is 10.7. The summed E-state index contributed by atoms with van der Waals surface area (Å²) in [5, 5.41) is 6.88. The van der Waals surface area contributed by atoms with Crippen LogP contribution in [0.3, 0.4) is 0 Å². The van der Waals surface area contributed by atoms with Gasteiger partial charge in [0.05, 0.1) is 11.9 Å². The Kier molecular flexibility index (Phi) is 4.59. The van der Waals surface area contributed by atoms with E-state index in [1.54, 1.807) is 6.20 Å². The predicted octanol–water partition coefficient (Wildman–Crippen LogP) is 4.09. The second-order valence-corrected chi connectivity index (χ2v) is 5.97. The molecule has 1 heterocycles. The van der Waals surface area contributed by atoms with Gasteiger partial charge in [-0.05, 0) is 42.7 Å². The number of carbonyl (C=O) groups excluding carboxylic acids is 1. The van der Waals surface area contributed by atoms with Crippen molar-refractivity contribution >= 4 is 29.0 Å². The highest BCUT2D eigenvalue weighted by atomic mass is 35.5. The van der Waals surface area contributed by atoms with Crippen LogP contribution in [0.5, 0.6) is 0 Å². The number of amides is 1. The van der Waals surface area contributed by atoms with Crippen molar-refractivity contribution in [3.63, 3.8) is 0 Å². The molecule has 0 radical (unpaired) electrons. The zero-order chi connectivity index (χ0) is 15.4. The monoisotopic (exact) mass is 315 g/mol. The molecule has 1 aromatic carbocycles. The van der Waals surface area contributed by atoms with Gasteiger partial charge in [0.1, 0.15) is 5.82 Å². The molecule has 1 fully saturated rings. The molecule has 1 aromatic heterocycles. The van der Waals surface area contributed by atoms with E-state index in [1.807, 2.05) is 36.4 Å². The van der Waals surface area contributed by atoms with Crippen LogP contribution < -0.4 is 10.6 Å². The second-order valence-electron chi connectivity index (χ2n) is 5.53. The summed E-state index contributed by atoms with van der Waals surface area (Å²) in [5.74, 6) is 0.860. The van der Waals surface area contributed by atoms with Crippen molar-refractivity contribution in [2.75, 3.05) is 10.6 Å². The summed E-state index contributed by atoms with van der Waals surface area (Å²) in [7, 11) is 0. The van der Waals surface area contributed by atoms with Crippen molar-refractivity contribution in [1.29, 1.82) is 0 Å². The predicted molar refractivity (Wildman–Crippen MR) is 89.0 cm³/mol. The topological polar surface area (TPSA) is 54.0 Å². The normalized spacial score (nSPS) is 14.2. The van der Waals surface area contributed by atoms with Gasteiger partial charge in [0.25, 0.3) is 0 Å². The largest absolute Gasteiger partial charge is 0.380 e. The minimum atomic E-state index is 0.0839. The van der Waals surface area contributed by atoms with Crippen molar-refractivity contribution < 1.29 is 4.79 Å². The Morgan fingerprint density at radius 3 is 2.55 bits per heavy atom. The summed E-state index contributed by atoms with van der Waals surface area (Å²) in [4.78, 5) is 16.1. The molecule has 1 aliphatic rings.